The van der Waals surface area contributed by atoms with E-state index in [2.05, 4.69) is 5.32 Å². The van der Waals surface area contributed by atoms with Crippen molar-refractivity contribution in [2.45, 2.75) is 39.0 Å². The molecular weight excluding hydrogens is 360 g/mol. The van der Waals surface area contributed by atoms with Crippen LogP contribution in [-0.2, 0) is 4.79 Å². The zero-order valence-electron chi connectivity index (χ0n) is 15.9. The third-order valence-corrected chi connectivity index (χ3v) is 5.38. The van der Waals surface area contributed by atoms with E-state index in [1.807, 2.05) is 6.92 Å². The number of nitrogens with zero attached hydrogens (tertiary/aromatic N) is 1. The maximum Gasteiger partial charge on any atom is 0.349 e. The Kier molecular flexibility index (Phi) is 4.66. The van der Waals surface area contributed by atoms with Gasteiger partial charge in [0.05, 0.1) is 5.69 Å². The number of likely N-dealkylation sites (N-methyl/N-ethyl adjacent to an activating group) is 1. The first-order valence-corrected chi connectivity index (χ1v) is 9.51. The Bertz CT molecular complexity index is 1010. The van der Waals surface area contributed by atoms with Crippen LogP contribution < -0.4 is 20.6 Å². The minimum atomic E-state index is -0.614. The lowest BCUT2D eigenvalue weighted by atomic mass is 9.83. The normalized spacial score (nSPS) is 16.2. The third kappa shape index (κ3) is 3.17. The summed E-state index contributed by atoms with van der Waals surface area (Å²) in [6.45, 7) is 4.13. The molecule has 1 aliphatic heterocycles. The first kappa shape index (κ1) is 18.3. The molecule has 28 heavy (non-hydrogen) atoms. The lowest BCUT2D eigenvalue weighted by molar-refractivity contribution is -0.121. The van der Waals surface area contributed by atoms with Crippen molar-refractivity contribution in [1.82, 2.24) is 0 Å². The molecule has 1 aromatic carbocycles. The highest BCUT2D eigenvalue weighted by molar-refractivity contribution is 6.05. The number of fused-ring (bicyclic) bond motifs is 1. The van der Waals surface area contributed by atoms with Gasteiger partial charge in [0.1, 0.15) is 17.1 Å². The molecule has 0 radical (unpaired) electrons. The maximum atomic E-state index is 12.7. The molecule has 1 N–H and O–H groups in total. The van der Waals surface area contributed by atoms with Gasteiger partial charge in [-0.2, -0.15) is 0 Å². The predicted octanol–water partition coefficient (Wildman–Crippen LogP) is 3.21. The van der Waals surface area contributed by atoms with E-state index in [1.54, 1.807) is 36.1 Å². The summed E-state index contributed by atoms with van der Waals surface area (Å²) in [6.07, 6.45) is 3.16. The fourth-order valence-electron chi connectivity index (χ4n) is 3.62. The van der Waals surface area contributed by atoms with Crippen molar-refractivity contribution in [2.75, 3.05) is 23.4 Å². The van der Waals surface area contributed by atoms with Gasteiger partial charge in [-0.3, -0.25) is 9.59 Å². The van der Waals surface area contributed by atoms with Crippen LogP contribution in [0.5, 0.6) is 5.75 Å². The molecule has 1 saturated carbocycles. The van der Waals surface area contributed by atoms with E-state index in [1.165, 1.54) is 0 Å². The molecule has 0 bridgehead atoms. The average Bonchev–Trinajstić information content (AvgIpc) is 2.59. The number of benzene rings is 1. The molecule has 4 rings (SSSR count). The van der Waals surface area contributed by atoms with Gasteiger partial charge in [0.2, 0.25) is 0 Å². The Morgan fingerprint density at radius 2 is 2.04 bits per heavy atom. The fraction of sp³-hybridized carbons (Fsp3) is 0.381. The molecule has 0 spiro atoms. The SMILES string of the molecule is CCN1C(=O)COc2cc(NC(=O)c3c(C)cc(C4CCC4)oc3=O)ccc21. The Hall–Kier alpha value is -3.09. The molecule has 1 aromatic heterocycles. The van der Waals surface area contributed by atoms with Crippen LogP contribution in [0.2, 0.25) is 0 Å². The van der Waals surface area contributed by atoms with Crippen molar-refractivity contribution in [3.63, 3.8) is 0 Å². The third-order valence-electron chi connectivity index (χ3n) is 5.38. The molecule has 146 valence electrons. The van der Waals surface area contributed by atoms with Gasteiger partial charge in [0, 0.05) is 24.2 Å². The van der Waals surface area contributed by atoms with Crippen LogP contribution in [0.4, 0.5) is 11.4 Å². The summed E-state index contributed by atoms with van der Waals surface area (Å²) < 4.78 is 10.9. The first-order valence-electron chi connectivity index (χ1n) is 9.51. The molecule has 0 atom stereocenters. The van der Waals surface area contributed by atoms with Crippen LogP contribution in [0.25, 0.3) is 0 Å². The predicted molar refractivity (Wildman–Crippen MR) is 104 cm³/mol. The van der Waals surface area contributed by atoms with E-state index < -0.39 is 11.5 Å². The second-order valence-electron chi connectivity index (χ2n) is 7.19. The molecule has 0 saturated heterocycles. The first-order chi connectivity index (χ1) is 13.5. The summed E-state index contributed by atoms with van der Waals surface area (Å²) in [5.41, 5.74) is 1.14. The average molecular weight is 382 g/mol. The van der Waals surface area contributed by atoms with Gasteiger partial charge in [-0.05, 0) is 50.5 Å². The summed E-state index contributed by atoms with van der Waals surface area (Å²) in [4.78, 5) is 38.6. The Morgan fingerprint density at radius 3 is 2.68 bits per heavy atom. The number of amides is 2. The number of hydrogen-bond acceptors (Lipinski definition) is 5. The van der Waals surface area contributed by atoms with Crippen molar-refractivity contribution >= 4 is 23.2 Å². The second-order valence-corrected chi connectivity index (χ2v) is 7.19. The number of rotatable bonds is 4. The summed E-state index contributed by atoms with van der Waals surface area (Å²) in [5, 5.41) is 2.73. The highest BCUT2D eigenvalue weighted by Crippen LogP contribution is 2.36. The fourth-order valence-corrected chi connectivity index (χ4v) is 3.62. The van der Waals surface area contributed by atoms with Crippen molar-refractivity contribution in [2.24, 2.45) is 0 Å². The van der Waals surface area contributed by atoms with Crippen molar-refractivity contribution in [1.29, 1.82) is 0 Å². The van der Waals surface area contributed by atoms with Gasteiger partial charge in [0.15, 0.2) is 6.61 Å². The van der Waals surface area contributed by atoms with Crippen molar-refractivity contribution in [3.05, 3.63) is 51.6 Å². The van der Waals surface area contributed by atoms with Gasteiger partial charge in [-0.15, -0.1) is 0 Å². The topological polar surface area (TPSA) is 88.8 Å². The van der Waals surface area contributed by atoms with E-state index in [9.17, 15) is 14.4 Å². The number of carbonyl (C=O) groups excluding carboxylic acids is 2. The van der Waals surface area contributed by atoms with Crippen LogP contribution in [0.15, 0.2) is 33.5 Å². The van der Waals surface area contributed by atoms with E-state index >= 15 is 0 Å². The lowest BCUT2D eigenvalue weighted by Crippen LogP contribution is -2.38. The molecule has 1 fully saturated rings. The molecule has 2 heterocycles. The zero-order valence-corrected chi connectivity index (χ0v) is 15.9. The Labute approximate surface area is 162 Å². The largest absolute Gasteiger partial charge is 0.481 e. The van der Waals surface area contributed by atoms with Gasteiger partial charge >= 0.3 is 5.63 Å². The number of anilines is 2. The van der Waals surface area contributed by atoms with Crippen LogP contribution >= 0.6 is 0 Å². The number of ether oxygens (including phenoxy) is 1. The summed E-state index contributed by atoms with van der Waals surface area (Å²) >= 11 is 0. The second kappa shape index (κ2) is 7.14. The molecule has 2 aromatic rings. The number of aryl methyl sites for hydroxylation is 1. The van der Waals surface area contributed by atoms with Crippen LogP contribution in [0.1, 0.15) is 53.8 Å². The number of nitrogens with one attached hydrogen (secondary N) is 1. The van der Waals surface area contributed by atoms with E-state index in [0.29, 0.717) is 35.0 Å². The van der Waals surface area contributed by atoms with Crippen LogP contribution in [0, 0.1) is 6.92 Å². The molecular formula is C21H22N2O5. The minimum Gasteiger partial charge on any atom is -0.481 e. The van der Waals surface area contributed by atoms with E-state index in [4.69, 9.17) is 9.15 Å². The zero-order chi connectivity index (χ0) is 19.8. The molecule has 7 heteroatoms. The Balaban J connectivity index is 1.57. The van der Waals surface area contributed by atoms with E-state index in [-0.39, 0.29) is 24.0 Å². The highest BCUT2D eigenvalue weighted by Gasteiger charge is 2.26. The summed E-state index contributed by atoms with van der Waals surface area (Å²) in [7, 11) is 0. The lowest BCUT2D eigenvalue weighted by Gasteiger charge is -2.28. The Morgan fingerprint density at radius 1 is 1.25 bits per heavy atom. The summed E-state index contributed by atoms with van der Waals surface area (Å²) in [6, 6.07) is 6.85. The molecule has 0 unspecified atom stereocenters. The van der Waals surface area contributed by atoms with Gasteiger partial charge in [-0.25, -0.2) is 4.79 Å². The van der Waals surface area contributed by atoms with Crippen LogP contribution in [-0.4, -0.2) is 25.0 Å². The van der Waals surface area contributed by atoms with E-state index in [0.717, 1.165) is 19.3 Å². The monoisotopic (exact) mass is 382 g/mol. The molecule has 7 nitrogen and oxygen atoms in total. The van der Waals surface area contributed by atoms with Gasteiger partial charge < -0.3 is 19.4 Å². The number of carbonyl (C=O) groups is 2. The quantitative estimate of drug-likeness (QED) is 0.877. The van der Waals surface area contributed by atoms with Gasteiger partial charge in [0.25, 0.3) is 11.8 Å². The van der Waals surface area contributed by atoms with Crippen LogP contribution in [0.3, 0.4) is 0 Å². The molecule has 2 amide bonds. The standard InChI is InChI=1S/C21H22N2O5/c1-3-23-15-8-7-14(10-17(15)27-11-18(23)24)22-20(25)19-12(2)9-16(28-21(19)26)13-5-4-6-13/h7-10,13H,3-6,11H2,1-2H3,(H,22,25). The van der Waals surface area contributed by atoms with Crippen molar-refractivity contribution < 1.29 is 18.7 Å². The highest BCUT2D eigenvalue weighted by atomic mass is 16.5. The smallest absolute Gasteiger partial charge is 0.349 e. The minimum absolute atomic E-state index is 0.00655. The van der Waals surface area contributed by atoms with Gasteiger partial charge in [-0.1, -0.05) is 6.42 Å². The molecule has 2 aliphatic rings. The maximum absolute atomic E-state index is 12.7. The molecule has 1 aliphatic carbocycles. The summed E-state index contributed by atoms with van der Waals surface area (Å²) in [5.74, 6) is 0.836. The number of hydrogen-bond donors (Lipinski definition) is 1. The van der Waals surface area contributed by atoms with Crippen molar-refractivity contribution in [3.8, 4) is 5.75 Å².